The van der Waals surface area contributed by atoms with Crippen LogP contribution in [0.4, 0.5) is 5.69 Å². The summed E-state index contributed by atoms with van der Waals surface area (Å²) >= 11 is 0. The smallest absolute Gasteiger partial charge is 0.142 e. The molecule has 0 aliphatic carbocycles. The van der Waals surface area contributed by atoms with Crippen molar-refractivity contribution in [2.24, 2.45) is 0 Å². The summed E-state index contributed by atoms with van der Waals surface area (Å²) in [6.07, 6.45) is 0.846. The number of nitrogens with two attached hydrogens (primary N) is 1. The van der Waals surface area contributed by atoms with Crippen LogP contribution in [0.2, 0.25) is 0 Å². The van der Waals surface area contributed by atoms with E-state index >= 15 is 0 Å². The van der Waals surface area contributed by atoms with Crippen LogP contribution in [0.25, 0.3) is 0 Å². The molecule has 0 saturated heterocycles. The maximum absolute atomic E-state index is 5.80. The Morgan fingerprint density at radius 3 is 2.39 bits per heavy atom. The van der Waals surface area contributed by atoms with Crippen LogP contribution in [0.1, 0.15) is 5.56 Å². The van der Waals surface area contributed by atoms with Gasteiger partial charge < -0.3 is 15.2 Å². The summed E-state index contributed by atoms with van der Waals surface area (Å²) < 4.78 is 10.8. The van der Waals surface area contributed by atoms with Crippen molar-refractivity contribution in [3.05, 3.63) is 54.1 Å². The van der Waals surface area contributed by atoms with E-state index in [1.54, 1.807) is 7.11 Å². The standard InChI is InChI=1S/C15H17NO2/c1-17-13-8-6-12(7-9-13)10-11-18-15-5-3-2-4-14(15)16/h2-9H,10-11,16H2,1H3. The van der Waals surface area contributed by atoms with Crippen molar-refractivity contribution >= 4 is 5.69 Å². The maximum atomic E-state index is 5.80. The van der Waals surface area contributed by atoms with Crippen LogP contribution >= 0.6 is 0 Å². The van der Waals surface area contributed by atoms with Crippen molar-refractivity contribution in [1.29, 1.82) is 0 Å². The van der Waals surface area contributed by atoms with Gasteiger partial charge >= 0.3 is 0 Å². The van der Waals surface area contributed by atoms with Crippen molar-refractivity contribution in [3.63, 3.8) is 0 Å². The summed E-state index contributed by atoms with van der Waals surface area (Å²) in [5, 5.41) is 0. The first kappa shape index (κ1) is 12.3. The Kier molecular flexibility index (Phi) is 4.07. The highest BCUT2D eigenvalue weighted by atomic mass is 16.5. The zero-order chi connectivity index (χ0) is 12.8. The Labute approximate surface area is 107 Å². The molecule has 0 aliphatic heterocycles. The van der Waals surface area contributed by atoms with Crippen molar-refractivity contribution in [2.75, 3.05) is 19.5 Å². The van der Waals surface area contributed by atoms with E-state index in [1.807, 2.05) is 48.5 Å². The van der Waals surface area contributed by atoms with Crippen LogP contribution in [0, 0.1) is 0 Å². The molecule has 2 aromatic carbocycles. The highest BCUT2D eigenvalue weighted by molar-refractivity contribution is 5.51. The molecule has 0 amide bonds. The van der Waals surface area contributed by atoms with Gasteiger partial charge in [0.05, 0.1) is 19.4 Å². The predicted molar refractivity (Wildman–Crippen MR) is 73.0 cm³/mol. The number of nitrogen functional groups attached to an aromatic ring is 1. The van der Waals surface area contributed by atoms with Gasteiger partial charge in [-0.05, 0) is 29.8 Å². The first-order valence-corrected chi connectivity index (χ1v) is 5.90. The van der Waals surface area contributed by atoms with Gasteiger partial charge in [-0.1, -0.05) is 24.3 Å². The molecule has 0 unspecified atom stereocenters. The van der Waals surface area contributed by atoms with Crippen LogP contribution in [-0.2, 0) is 6.42 Å². The number of hydrogen-bond acceptors (Lipinski definition) is 3. The molecule has 0 bridgehead atoms. The van der Waals surface area contributed by atoms with E-state index < -0.39 is 0 Å². The lowest BCUT2D eigenvalue weighted by atomic mass is 10.1. The molecule has 94 valence electrons. The van der Waals surface area contributed by atoms with Crippen molar-refractivity contribution in [1.82, 2.24) is 0 Å². The first-order chi connectivity index (χ1) is 8.79. The Hall–Kier alpha value is -2.16. The van der Waals surface area contributed by atoms with Crippen LogP contribution < -0.4 is 15.2 Å². The molecule has 2 N–H and O–H groups in total. The molecule has 0 spiro atoms. The Morgan fingerprint density at radius 2 is 1.72 bits per heavy atom. The Balaban J connectivity index is 1.86. The summed E-state index contributed by atoms with van der Waals surface area (Å²) in [6.45, 7) is 0.612. The fraction of sp³-hybridized carbons (Fsp3) is 0.200. The second kappa shape index (κ2) is 5.96. The van der Waals surface area contributed by atoms with Gasteiger partial charge in [0.25, 0.3) is 0 Å². The lowest BCUT2D eigenvalue weighted by molar-refractivity contribution is 0.323. The van der Waals surface area contributed by atoms with Gasteiger partial charge in [-0.2, -0.15) is 0 Å². The van der Waals surface area contributed by atoms with Crippen LogP contribution in [0.15, 0.2) is 48.5 Å². The average Bonchev–Trinajstić information content (AvgIpc) is 2.42. The molecule has 0 radical (unpaired) electrons. The molecule has 2 aromatic rings. The van der Waals surface area contributed by atoms with Gasteiger partial charge in [0, 0.05) is 6.42 Å². The van der Waals surface area contributed by atoms with E-state index in [2.05, 4.69) is 0 Å². The second-order valence-corrected chi connectivity index (χ2v) is 3.98. The number of ether oxygens (including phenoxy) is 2. The summed E-state index contributed by atoms with van der Waals surface area (Å²) in [6, 6.07) is 15.5. The van der Waals surface area contributed by atoms with Crippen LogP contribution in [0.5, 0.6) is 11.5 Å². The third-order valence-corrected chi connectivity index (χ3v) is 2.73. The molecule has 3 nitrogen and oxygen atoms in total. The average molecular weight is 243 g/mol. The number of hydrogen-bond donors (Lipinski definition) is 1. The molecule has 18 heavy (non-hydrogen) atoms. The highest BCUT2D eigenvalue weighted by Gasteiger charge is 1.99. The molecule has 3 heteroatoms. The van der Waals surface area contributed by atoms with Gasteiger partial charge in [0.1, 0.15) is 11.5 Å². The molecular formula is C15H17NO2. The molecule has 0 atom stereocenters. The maximum Gasteiger partial charge on any atom is 0.142 e. The van der Waals surface area contributed by atoms with Crippen molar-refractivity contribution < 1.29 is 9.47 Å². The predicted octanol–water partition coefficient (Wildman–Crippen LogP) is 2.90. The van der Waals surface area contributed by atoms with Crippen LogP contribution in [0.3, 0.4) is 0 Å². The number of anilines is 1. The topological polar surface area (TPSA) is 44.5 Å². The highest BCUT2D eigenvalue weighted by Crippen LogP contribution is 2.20. The number of rotatable bonds is 5. The minimum atomic E-state index is 0.612. The summed E-state index contributed by atoms with van der Waals surface area (Å²) in [5.74, 6) is 1.61. The molecule has 0 heterocycles. The summed E-state index contributed by atoms with van der Waals surface area (Å²) in [7, 11) is 1.66. The minimum absolute atomic E-state index is 0.612. The van der Waals surface area contributed by atoms with Crippen LogP contribution in [-0.4, -0.2) is 13.7 Å². The lowest BCUT2D eigenvalue weighted by Gasteiger charge is -2.08. The second-order valence-electron chi connectivity index (χ2n) is 3.98. The molecule has 0 aromatic heterocycles. The zero-order valence-corrected chi connectivity index (χ0v) is 10.4. The molecule has 0 fully saturated rings. The minimum Gasteiger partial charge on any atom is -0.497 e. The van der Waals surface area contributed by atoms with E-state index in [-0.39, 0.29) is 0 Å². The van der Waals surface area contributed by atoms with Gasteiger partial charge in [0.2, 0.25) is 0 Å². The lowest BCUT2D eigenvalue weighted by Crippen LogP contribution is -2.03. The fourth-order valence-electron chi connectivity index (χ4n) is 1.68. The van der Waals surface area contributed by atoms with E-state index in [0.717, 1.165) is 17.9 Å². The van der Waals surface area contributed by atoms with E-state index in [0.29, 0.717) is 12.3 Å². The first-order valence-electron chi connectivity index (χ1n) is 5.90. The summed E-state index contributed by atoms with van der Waals surface area (Å²) in [5.41, 5.74) is 7.68. The third-order valence-electron chi connectivity index (χ3n) is 2.73. The van der Waals surface area contributed by atoms with E-state index in [9.17, 15) is 0 Å². The number of para-hydroxylation sites is 2. The fourth-order valence-corrected chi connectivity index (χ4v) is 1.68. The normalized spacial score (nSPS) is 10.1. The SMILES string of the molecule is COc1ccc(CCOc2ccccc2N)cc1. The third kappa shape index (κ3) is 3.17. The van der Waals surface area contributed by atoms with Crippen molar-refractivity contribution in [2.45, 2.75) is 6.42 Å². The monoisotopic (exact) mass is 243 g/mol. The largest absolute Gasteiger partial charge is 0.497 e. The van der Waals surface area contributed by atoms with E-state index in [4.69, 9.17) is 15.2 Å². The molecule has 0 aliphatic rings. The number of benzene rings is 2. The van der Waals surface area contributed by atoms with Gasteiger partial charge in [-0.3, -0.25) is 0 Å². The van der Waals surface area contributed by atoms with Gasteiger partial charge in [-0.15, -0.1) is 0 Å². The molecule has 2 rings (SSSR count). The molecule has 0 saturated carbocycles. The quantitative estimate of drug-likeness (QED) is 0.821. The van der Waals surface area contributed by atoms with Crippen molar-refractivity contribution in [3.8, 4) is 11.5 Å². The van der Waals surface area contributed by atoms with Gasteiger partial charge in [0.15, 0.2) is 0 Å². The Morgan fingerprint density at radius 1 is 1.00 bits per heavy atom. The zero-order valence-electron chi connectivity index (χ0n) is 10.4. The Bertz CT molecular complexity index is 494. The number of methoxy groups -OCH3 is 1. The van der Waals surface area contributed by atoms with Gasteiger partial charge in [-0.25, -0.2) is 0 Å². The molecular weight excluding hydrogens is 226 g/mol. The van der Waals surface area contributed by atoms with E-state index in [1.165, 1.54) is 5.56 Å². The summed E-state index contributed by atoms with van der Waals surface area (Å²) in [4.78, 5) is 0.